The molecule has 0 aliphatic rings. The Morgan fingerprint density at radius 1 is 1.29 bits per heavy atom. The number of hydrogen-bond acceptors (Lipinski definition) is 6. The van der Waals surface area contributed by atoms with Crippen molar-refractivity contribution in [1.29, 1.82) is 0 Å². The summed E-state index contributed by atoms with van der Waals surface area (Å²) in [4.78, 5) is 0. The molecule has 2 rings (SSSR count). The van der Waals surface area contributed by atoms with Crippen molar-refractivity contribution in [3.63, 3.8) is 0 Å². The fourth-order valence-electron chi connectivity index (χ4n) is 1.50. The molecule has 0 bridgehead atoms. The van der Waals surface area contributed by atoms with Crippen molar-refractivity contribution in [2.45, 2.75) is 6.10 Å². The average molecular weight is 252 g/mol. The van der Waals surface area contributed by atoms with E-state index in [1.807, 2.05) is 0 Å². The molecule has 17 heavy (non-hydrogen) atoms. The highest BCUT2D eigenvalue weighted by Crippen LogP contribution is 2.32. The van der Waals surface area contributed by atoms with E-state index in [2.05, 4.69) is 9.59 Å². The smallest absolute Gasteiger partial charge is 0.127 e. The van der Waals surface area contributed by atoms with Crippen LogP contribution in [0.25, 0.3) is 0 Å². The standard InChI is InChI=1S/C11H12N2O3S/c1-15-7-3-4-10(16-2)8(5-7)11(14)9-6-17-13-12-9/h3-6,11,14H,1-2H3. The number of hydrogen-bond donors (Lipinski definition) is 1. The predicted octanol–water partition coefficient (Wildman–Crippen LogP) is 1.64. The van der Waals surface area contributed by atoms with Crippen LogP contribution < -0.4 is 9.47 Å². The number of rotatable bonds is 4. The van der Waals surface area contributed by atoms with Gasteiger partial charge in [-0.25, -0.2) is 0 Å². The molecule has 0 aliphatic heterocycles. The average Bonchev–Trinajstić information content (AvgIpc) is 2.91. The van der Waals surface area contributed by atoms with E-state index in [9.17, 15) is 5.11 Å². The number of aromatic nitrogens is 2. The van der Waals surface area contributed by atoms with Crippen LogP contribution in [0.15, 0.2) is 23.6 Å². The molecule has 1 atom stereocenters. The minimum Gasteiger partial charge on any atom is -0.497 e. The molecule has 0 spiro atoms. The summed E-state index contributed by atoms with van der Waals surface area (Å²) in [7, 11) is 3.12. The zero-order valence-electron chi connectivity index (χ0n) is 9.45. The van der Waals surface area contributed by atoms with Crippen LogP contribution in [0, 0.1) is 0 Å². The monoisotopic (exact) mass is 252 g/mol. The van der Waals surface area contributed by atoms with Gasteiger partial charge in [-0.2, -0.15) is 0 Å². The Balaban J connectivity index is 2.41. The minimum absolute atomic E-state index is 0.501. The SMILES string of the molecule is COc1ccc(OC)c(C(O)c2csnn2)c1. The van der Waals surface area contributed by atoms with Crippen molar-refractivity contribution in [2.75, 3.05) is 14.2 Å². The van der Waals surface area contributed by atoms with Gasteiger partial charge < -0.3 is 14.6 Å². The van der Waals surface area contributed by atoms with E-state index in [0.29, 0.717) is 22.8 Å². The van der Waals surface area contributed by atoms with E-state index < -0.39 is 6.10 Å². The van der Waals surface area contributed by atoms with Gasteiger partial charge in [0.2, 0.25) is 0 Å². The molecule has 6 heteroatoms. The van der Waals surface area contributed by atoms with Gasteiger partial charge in [-0.3, -0.25) is 0 Å². The molecule has 0 amide bonds. The molecule has 0 radical (unpaired) electrons. The van der Waals surface area contributed by atoms with E-state index in [-0.39, 0.29) is 0 Å². The maximum atomic E-state index is 10.2. The fourth-order valence-corrected chi connectivity index (χ4v) is 1.98. The number of nitrogens with zero attached hydrogens (tertiary/aromatic N) is 2. The molecule has 1 heterocycles. The van der Waals surface area contributed by atoms with Crippen molar-refractivity contribution >= 4 is 11.5 Å². The van der Waals surface area contributed by atoms with Gasteiger partial charge in [-0.15, -0.1) is 5.10 Å². The summed E-state index contributed by atoms with van der Waals surface area (Å²) in [6.45, 7) is 0. The lowest BCUT2D eigenvalue weighted by molar-refractivity contribution is 0.209. The summed E-state index contributed by atoms with van der Waals surface area (Å²) in [5, 5.41) is 15.7. The number of aliphatic hydroxyl groups excluding tert-OH is 1. The van der Waals surface area contributed by atoms with Crippen LogP contribution in [0.3, 0.4) is 0 Å². The van der Waals surface area contributed by atoms with Crippen molar-refractivity contribution in [2.24, 2.45) is 0 Å². The van der Waals surface area contributed by atoms with E-state index in [4.69, 9.17) is 9.47 Å². The lowest BCUT2D eigenvalue weighted by atomic mass is 10.1. The summed E-state index contributed by atoms with van der Waals surface area (Å²) in [6, 6.07) is 5.24. The first-order valence-electron chi connectivity index (χ1n) is 4.93. The van der Waals surface area contributed by atoms with Gasteiger partial charge in [0.15, 0.2) is 0 Å². The first kappa shape index (κ1) is 11.8. The third-order valence-electron chi connectivity index (χ3n) is 2.39. The molecule has 0 fully saturated rings. The van der Waals surface area contributed by atoms with Crippen molar-refractivity contribution in [3.8, 4) is 11.5 Å². The van der Waals surface area contributed by atoms with Gasteiger partial charge in [0.05, 0.1) is 14.2 Å². The Morgan fingerprint density at radius 2 is 2.12 bits per heavy atom. The lowest BCUT2D eigenvalue weighted by Gasteiger charge is -2.13. The summed E-state index contributed by atoms with van der Waals surface area (Å²) in [5.74, 6) is 1.24. The zero-order chi connectivity index (χ0) is 12.3. The highest BCUT2D eigenvalue weighted by atomic mass is 32.1. The Hall–Kier alpha value is -1.66. The summed E-state index contributed by atoms with van der Waals surface area (Å²) < 4.78 is 14.1. The largest absolute Gasteiger partial charge is 0.497 e. The maximum absolute atomic E-state index is 10.2. The molecule has 1 unspecified atom stereocenters. The maximum Gasteiger partial charge on any atom is 0.127 e. The van der Waals surface area contributed by atoms with Crippen LogP contribution in [0.1, 0.15) is 17.4 Å². The number of aliphatic hydroxyl groups is 1. The minimum atomic E-state index is -0.862. The molecule has 1 aromatic carbocycles. The van der Waals surface area contributed by atoms with Crippen LogP contribution >= 0.6 is 11.5 Å². The number of methoxy groups -OCH3 is 2. The Bertz CT molecular complexity index is 487. The van der Waals surface area contributed by atoms with Gasteiger partial charge in [-0.1, -0.05) is 4.49 Å². The van der Waals surface area contributed by atoms with Gasteiger partial charge >= 0.3 is 0 Å². The van der Waals surface area contributed by atoms with E-state index in [1.165, 1.54) is 11.5 Å². The molecule has 1 N–H and O–H groups in total. The Morgan fingerprint density at radius 3 is 2.71 bits per heavy atom. The predicted molar refractivity (Wildman–Crippen MR) is 63.5 cm³/mol. The Kier molecular flexibility index (Phi) is 3.55. The molecule has 0 saturated carbocycles. The molecule has 0 aliphatic carbocycles. The van der Waals surface area contributed by atoms with Crippen molar-refractivity contribution < 1.29 is 14.6 Å². The van der Waals surface area contributed by atoms with Gasteiger partial charge in [0, 0.05) is 10.9 Å². The van der Waals surface area contributed by atoms with Crippen molar-refractivity contribution in [3.05, 3.63) is 34.8 Å². The van der Waals surface area contributed by atoms with Gasteiger partial charge in [0.1, 0.15) is 23.3 Å². The highest BCUT2D eigenvalue weighted by molar-refractivity contribution is 7.03. The normalized spacial score (nSPS) is 12.2. The summed E-state index contributed by atoms with van der Waals surface area (Å²) >= 11 is 1.19. The fraction of sp³-hybridized carbons (Fsp3) is 0.273. The van der Waals surface area contributed by atoms with E-state index in [1.54, 1.807) is 37.8 Å². The molecule has 90 valence electrons. The van der Waals surface area contributed by atoms with E-state index >= 15 is 0 Å². The first-order valence-corrected chi connectivity index (χ1v) is 5.77. The summed E-state index contributed by atoms with van der Waals surface area (Å²) in [5.41, 5.74) is 1.11. The lowest BCUT2D eigenvalue weighted by Crippen LogP contribution is -2.03. The van der Waals surface area contributed by atoms with Gasteiger partial charge in [-0.05, 0) is 29.7 Å². The Labute approximate surface area is 103 Å². The molecule has 0 saturated heterocycles. The quantitative estimate of drug-likeness (QED) is 0.896. The third-order valence-corrected chi connectivity index (χ3v) is 2.91. The molecule has 1 aromatic heterocycles. The van der Waals surface area contributed by atoms with Crippen LogP contribution in [0.4, 0.5) is 0 Å². The first-order chi connectivity index (χ1) is 8.26. The van der Waals surface area contributed by atoms with Crippen LogP contribution in [0.5, 0.6) is 11.5 Å². The molecule has 5 nitrogen and oxygen atoms in total. The van der Waals surface area contributed by atoms with Crippen molar-refractivity contribution in [1.82, 2.24) is 9.59 Å². The van der Waals surface area contributed by atoms with Gasteiger partial charge in [0.25, 0.3) is 0 Å². The molecular weight excluding hydrogens is 240 g/mol. The second-order valence-electron chi connectivity index (χ2n) is 3.34. The second-order valence-corrected chi connectivity index (χ2v) is 3.95. The second kappa shape index (κ2) is 5.11. The zero-order valence-corrected chi connectivity index (χ0v) is 10.3. The third kappa shape index (κ3) is 2.37. The van der Waals surface area contributed by atoms with Crippen LogP contribution in [-0.4, -0.2) is 28.9 Å². The highest BCUT2D eigenvalue weighted by Gasteiger charge is 2.18. The number of ether oxygens (including phenoxy) is 2. The molecule has 2 aromatic rings. The topological polar surface area (TPSA) is 64.5 Å². The van der Waals surface area contributed by atoms with Crippen LogP contribution in [0.2, 0.25) is 0 Å². The van der Waals surface area contributed by atoms with E-state index in [0.717, 1.165) is 0 Å². The number of benzene rings is 1. The summed E-state index contributed by atoms with van der Waals surface area (Å²) in [6.07, 6.45) is -0.862. The van der Waals surface area contributed by atoms with Crippen LogP contribution in [-0.2, 0) is 0 Å². The molecular formula is C11H12N2O3S.